The maximum atomic E-state index is 5.55. The van der Waals surface area contributed by atoms with Crippen LogP contribution in [0.2, 0.25) is 0 Å². The summed E-state index contributed by atoms with van der Waals surface area (Å²) in [4.78, 5) is 5.77. The van der Waals surface area contributed by atoms with E-state index in [0.717, 1.165) is 23.4 Å². The summed E-state index contributed by atoms with van der Waals surface area (Å²) in [5, 5.41) is 0. The van der Waals surface area contributed by atoms with E-state index in [1.54, 1.807) is 0 Å². The molecule has 0 saturated carbocycles. The number of benzene rings is 1. The molecule has 3 nitrogen and oxygen atoms in total. The Morgan fingerprint density at radius 1 is 1.37 bits per heavy atom. The van der Waals surface area contributed by atoms with Crippen LogP contribution in [0, 0.1) is 17.6 Å². The van der Waals surface area contributed by atoms with Gasteiger partial charge in [0.15, 0.2) is 4.77 Å². The number of hydrogen-bond donors (Lipinski definition) is 1. The summed E-state index contributed by atoms with van der Waals surface area (Å²) in [6.07, 6.45) is 1.17. The molecule has 1 aliphatic heterocycles. The second kappa shape index (κ2) is 4.76. The number of rotatable bonds is 1. The molecule has 0 amide bonds. The Kier molecular flexibility index (Phi) is 3.23. The number of aromatic amines is 1. The summed E-state index contributed by atoms with van der Waals surface area (Å²) in [6.45, 7) is 6.74. The molecule has 102 valence electrons. The van der Waals surface area contributed by atoms with Crippen LogP contribution in [0.3, 0.4) is 0 Å². The summed E-state index contributed by atoms with van der Waals surface area (Å²) in [5.74, 6) is 0.630. The number of nitrogens with one attached hydrogen (secondary N) is 1. The van der Waals surface area contributed by atoms with Crippen LogP contribution in [0.1, 0.15) is 24.9 Å². The van der Waals surface area contributed by atoms with Crippen molar-refractivity contribution in [1.82, 2.24) is 14.5 Å². The van der Waals surface area contributed by atoms with E-state index in [9.17, 15) is 0 Å². The van der Waals surface area contributed by atoms with Crippen LogP contribution in [0.25, 0.3) is 11.0 Å². The highest BCUT2D eigenvalue weighted by atomic mass is 32.1. The number of likely N-dealkylation sites (tertiary alicyclic amines) is 1. The molecule has 4 heteroatoms. The highest BCUT2D eigenvalue weighted by Gasteiger charge is 2.27. The molecule has 2 unspecified atom stereocenters. The lowest BCUT2D eigenvalue weighted by atomic mass is 9.94. The van der Waals surface area contributed by atoms with Gasteiger partial charge in [0.2, 0.25) is 0 Å². The Balaban J connectivity index is 2.09. The summed E-state index contributed by atoms with van der Waals surface area (Å²) < 4.78 is 3.20. The van der Waals surface area contributed by atoms with Crippen LogP contribution in [0.5, 0.6) is 0 Å². The smallest absolute Gasteiger partial charge is 0.178 e. The van der Waals surface area contributed by atoms with Gasteiger partial charge in [-0.2, -0.15) is 0 Å². The van der Waals surface area contributed by atoms with E-state index >= 15 is 0 Å². The van der Waals surface area contributed by atoms with Gasteiger partial charge in [-0.3, -0.25) is 0 Å². The van der Waals surface area contributed by atoms with Crippen LogP contribution in [-0.4, -0.2) is 34.6 Å². The highest BCUT2D eigenvalue weighted by Crippen LogP contribution is 2.31. The topological polar surface area (TPSA) is 24.0 Å². The maximum absolute atomic E-state index is 5.55. The lowest BCUT2D eigenvalue weighted by molar-refractivity contribution is 0.160. The molecule has 3 rings (SSSR count). The third-order valence-corrected chi connectivity index (χ3v) is 4.57. The molecule has 1 N–H and O–H groups in total. The van der Waals surface area contributed by atoms with Crippen LogP contribution >= 0.6 is 12.2 Å². The van der Waals surface area contributed by atoms with Gasteiger partial charge in [-0.1, -0.05) is 13.0 Å². The molecule has 0 bridgehead atoms. The van der Waals surface area contributed by atoms with Crippen molar-refractivity contribution in [3.63, 3.8) is 0 Å². The maximum Gasteiger partial charge on any atom is 0.178 e. The van der Waals surface area contributed by atoms with E-state index in [2.05, 4.69) is 53.5 Å². The van der Waals surface area contributed by atoms with Crippen molar-refractivity contribution in [2.45, 2.75) is 26.3 Å². The van der Waals surface area contributed by atoms with E-state index in [1.165, 1.54) is 17.5 Å². The standard InChI is InChI=1S/C15H21N3S/c1-10-4-5-14-12(8-10)16-15(19)18(14)13-6-7-17(3)9-11(13)2/h4-5,8,11,13H,6-7,9H2,1-3H3,(H,16,19). The van der Waals surface area contributed by atoms with Crippen molar-refractivity contribution in [2.24, 2.45) is 5.92 Å². The number of aryl methyl sites for hydroxylation is 1. The van der Waals surface area contributed by atoms with Gasteiger partial charge in [-0.15, -0.1) is 0 Å². The lowest BCUT2D eigenvalue weighted by Gasteiger charge is -2.35. The third-order valence-electron chi connectivity index (χ3n) is 4.27. The first kappa shape index (κ1) is 12.9. The number of fused-ring (bicyclic) bond motifs is 1. The number of piperidine rings is 1. The molecular formula is C15H21N3S. The van der Waals surface area contributed by atoms with Crippen LogP contribution in [-0.2, 0) is 0 Å². The second-order valence-corrected chi connectivity index (χ2v) is 6.30. The molecule has 1 aliphatic rings. The van der Waals surface area contributed by atoms with E-state index in [-0.39, 0.29) is 0 Å². The SMILES string of the molecule is Cc1ccc2c(c1)[nH]c(=S)n2C1CCN(C)CC1C. The largest absolute Gasteiger partial charge is 0.331 e. The minimum atomic E-state index is 0.514. The van der Waals surface area contributed by atoms with Gasteiger partial charge >= 0.3 is 0 Å². The Morgan fingerprint density at radius 2 is 2.16 bits per heavy atom. The Morgan fingerprint density at radius 3 is 2.89 bits per heavy atom. The predicted molar refractivity (Wildman–Crippen MR) is 82.2 cm³/mol. The lowest BCUT2D eigenvalue weighted by Crippen LogP contribution is -2.37. The minimum Gasteiger partial charge on any atom is -0.331 e. The molecular weight excluding hydrogens is 254 g/mol. The Bertz CT molecular complexity index is 655. The zero-order chi connectivity index (χ0) is 13.6. The molecule has 1 aromatic heterocycles. The number of H-pyrrole nitrogens is 1. The van der Waals surface area contributed by atoms with Crippen molar-refractivity contribution < 1.29 is 0 Å². The Labute approximate surface area is 119 Å². The average Bonchev–Trinajstić information content (AvgIpc) is 2.65. The number of aromatic nitrogens is 2. The molecule has 0 spiro atoms. The molecule has 1 aromatic carbocycles. The number of nitrogens with zero attached hydrogens (tertiary/aromatic N) is 2. The van der Waals surface area contributed by atoms with Crippen LogP contribution in [0.4, 0.5) is 0 Å². The predicted octanol–water partition coefficient (Wildman–Crippen LogP) is 3.52. The highest BCUT2D eigenvalue weighted by molar-refractivity contribution is 7.71. The first-order valence-electron chi connectivity index (χ1n) is 6.95. The summed E-state index contributed by atoms with van der Waals surface area (Å²) in [7, 11) is 2.20. The third kappa shape index (κ3) is 2.23. The van der Waals surface area contributed by atoms with Gasteiger partial charge < -0.3 is 14.5 Å². The van der Waals surface area contributed by atoms with Crippen molar-refractivity contribution in [1.29, 1.82) is 0 Å². The van der Waals surface area contributed by atoms with Crippen LogP contribution in [0.15, 0.2) is 18.2 Å². The van der Waals surface area contributed by atoms with Crippen molar-refractivity contribution >= 4 is 23.3 Å². The first-order valence-corrected chi connectivity index (χ1v) is 7.36. The number of hydrogen-bond acceptors (Lipinski definition) is 2. The normalized spacial score (nSPS) is 25.0. The summed E-state index contributed by atoms with van der Waals surface area (Å²) in [6, 6.07) is 7.06. The molecule has 1 fully saturated rings. The van der Waals surface area contributed by atoms with E-state index < -0.39 is 0 Å². The monoisotopic (exact) mass is 275 g/mol. The Hall–Kier alpha value is -1.13. The minimum absolute atomic E-state index is 0.514. The van der Waals surface area contributed by atoms with Gasteiger partial charge in [0.05, 0.1) is 11.0 Å². The quantitative estimate of drug-likeness (QED) is 0.805. The van der Waals surface area contributed by atoms with Gasteiger partial charge in [0, 0.05) is 12.6 Å². The molecule has 2 aromatic rings. The van der Waals surface area contributed by atoms with Crippen molar-refractivity contribution in [2.75, 3.05) is 20.1 Å². The van der Waals surface area contributed by atoms with E-state index in [4.69, 9.17) is 12.2 Å². The number of imidazole rings is 1. The van der Waals surface area contributed by atoms with Gasteiger partial charge in [-0.25, -0.2) is 0 Å². The molecule has 0 aliphatic carbocycles. The second-order valence-electron chi connectivity index (χ2n) is 5.92. The molecule has 0 radical (unpaired) electrons. The van der Waals surface area contributed by atoms with Crippen molar-refractivity contribution in [3.8, 4) is 0 Å². The average molecular weight is 275 g/mol. The van der Waals surface area contributed by atoms with E-state index in [0.29, 0.717) is 12.0 Å². The fraction of sp³-hybridized carbons (Fsp3) is 0.533. The van der Waals surface area contributed by atoms with Gasteiger partial charge in [0.1, 0.15) is 0 Å². The molecule has 1 saturated heterocycles. The molecule has 19 heavy (non-hydrogen) atoms. The van der Waals surface area contributed by atoms with Crippen molar-refractivity contribution in [3.05, 3.63) is 28.5 Å². The zero-order valence-electron chi connectivity index (χ0n) is 11.8. The fourth-order valence-electron chi connectivity index (χ4n) is 3.30. The first-order chi connectivity index (χ1) is 9.06. The summed E-state index contributed by atoms with van der Waals surface area (Å²) in [5.41, 5.74) is 3.68. The molecule has 2 atom stereocenters. The molecule has 2 heterocycles. The zero-order valence-corrected chi connectivity index (χ0v) is 12.6. The van der Waals surface area contributed by atoms with Gasteiger partial charge in [0.25, 0.3) is 0 Å². The fourth-order valence-corrected chi connectivity index (χ4v) is 3.64. The summed E-state index contributed by atoms with van der Waals surface area (Å²) >= 11 is 5.55. The van der Waals surface area contributed by atoms with Crippen LogP contribution < -0.4 is 0 Å². The van der Waals surface area contributed by atoms with E-state index in [1.807, 2.05) is 0 Å². The van der Waals surface area contributed by atoms with Gasteiger partial charge in [-0.05, 0) is 62.8 Å².